The second-order valence-corrected chi connectivity index (χ2v) is 4.36. The molecule has 1 aromatic carbocycles. The maximum absolute atomic E-state index is 9.67. The van der Waals surface area contributed by atoms with E-state index >= 15 is 0 Å². The number of aromatic nitrogens is 2. The predicted octanol–water partition coefficient (Wildman–Crippen LogP) is 2.70. The highest BCUT2D eigenvalue weighted by Crippen LogP contribution is 2.23. The standard InChI is InChI=1S/C12H14ClN3O/c1-8-11(7-16(2)15-8)14-6-9-5-10(13)3-4-12(9)17/h3-5,7,14,17H,6H2,1-2H3. The van der Waals surface area contributed by atoms with Gasteiger partial charge in [0.1, 0.15) is 5.75 Å². The molecule has 90 valence electrons. The van der Waals surface area contributed by atoms with Crippen molar-refractivity contribution >= 4 is 17.3 Å². The number of rotatable bonds is 3. The van der Waals surface area contributed by atoms with Gasteiger partial charge in [-0.25, -0.2) is 0 Å². The number of aromatic hydroxyl groups is 1. The zero-order valence-corrected chi connectivity index (χ0v) is 10.5. The monoisotopic (exact) mass is 251 g/mol. The Bertz CT molecular complexity index is 537. The first-order chi connectivity index (χ1) is 8.06. The van der Waals surface area contributed by atoms with Crippen LogP contribution in [0.25, 0.3) is 0 Å². The van der Waals surface area contributed by atoms with Crippen LogP contribution in [-0.2, 0) is 13.6 Å². The molecule has 4 nitrogen and oxygen atoms in total. The summed E-state index contributed by atoms with van der Waals surface area (Å²) in [6.07, 6.45) is 1.90. The van der Waals surface area contributed by atoms with E-state index in [1.165, 1.54) is 0 Å². The van der Waals surface area contributed by atoms with Gasteiger partial charge in [-0.15, -0.1) is 0 Å². The largest absolute Gasteiger partial charge is 0.508 e. The van der Waals surface area contributed by atoms with Gasteiger partial charge in [0.05, 0.1) is 11.4 Å². The Morgan fingerprint density at radius 3 is 2.88 bits per heavy atom. The number of nitrogens with zero attached hydrogens (tertiary/aromatic N) is 2. The molecular formula is C12H14ClN3O. The first-order valence-corrected chi connectivity index (χ1v) is 5.65. The molecule has 2 N–H and O–H groups in total. The fraction of sp³-hybridized carbons (Fsp3) is 0.250. The first-order valence-electron chi connectivity index (χ1n) is 5.28. The molecule has 0 saturated carbocycles. The highest BCUT2D eigenvalue weighted by molar-refractivity contribution is 6.30. The van der Waals surface area contributed by atoms with E-state index in [4.69, 9.17) is 11.6 Å². The van der Waals surface area contributed by atoms with Crippen molar-refractivity contribution in [3.8, 4) is 5.75 Å². The van der Waals surface area contributed by atoms with Gasteiger partial charge in [0.2, 0.25) is 0 Å². The predicted molar refractivity (Wildman–Crippen MR) is 68.4 cm³/mol. The van der Waals surface area contributed by atoms with Crippen molar-refractivity contribution in [3.63, 3.8) is 0 Å². The molecule has 0 aliphatic heterocycles. The molecule has 0 spiro atoms. The van der Waals surface area contributed by atoms with Crippen molar-refractivity contribution in [1.29, 1.82) is 0 Å². The lowest BCUT2D eigenvalue weighted by atomic mass is 10.2. The molecule has 0 aliphatic rings. The molecule has 0 radical (unpaired) electrons. The average molecular weight is 252 g/mol. The maximum atomic E-state index is 9.67. The van der Waals surface area contributed by atoms with Crippen molar-refractivity contribution in [1.82, 2.24) is 9.78 Å². The summed E-state index contributed by atoms with van der Waals surface area (Å²) in [5.74, 6) is 0.239. The van der Waals surface area contributed by atoms with Gasteiger partial charge in [-0.2, -0.15) is 5.10 Å². The molecule has 0 atom stereocenters. The minimum Gasteiger partial charge on any atom is -0.508 e. The van der Waals surface area contributed by atoms with E-state index in [0.717, 1.165) is 16.9 Å². The van der Waals surface area contributed by atoms with Gasteiger partial charge < -0.3 is 10.4 Å². The van der Waals surface area contributed by atoms with Crippen molar-refractivity contribution in [2.24, 2.45) is 7.05 Å². The number of nitrogens with one attached hydrogen (secondary N) is 1. The SMILES string of the molecule is Cc1nn(C)cc1NCc1cc(Cl)ccc1O. The second kappa shape index (κ2) is 4.67. The van der Waals surface area contributed by atoms with Gasteiger partial charge in [0.25, 0.3) is 0 Å². The fourth-order valence-electron chi connectivity index (χ4n) is 1.66. The van der Waals surface area contributed by atoms with Crippen molar-refractivity contribution in [2.75, 3.05) is 5.32 Å². The topological polar surface area (TPSA) is 50.1 Å². The van der Waals surface area contributed by atoms with E-state index in [2.05, 4.69) is 10.4 Å². The van der Waals surface area contributed by atoms with Crippen LogP contribution in [0.2, 0.25) is 5.02 Å². The Hall–Kier alpha value is -1.68. The van der Waals surface area contributed by atoms with Gasteiger partial charge in [-0.05, 0) is 25.1 Å². The van der Waals surface area contributed by atoms with E-state index in [1.807, 2.05) is 20.2 Å². The molecule has 1 heterocycles. The van der Waals surface area contributed by atoms with Crippen molar-refractivity contribution in [2.45, 2.75) is 13.5 Å². The number of phenols is 1. The Morgan fingerprint density at radius 1 is 1.47 bits per heavy atom. The molecule has 2 aromatic rings. The summed E-state index contributed by atoms with van der Waals surface area (Å²) in [6.45, 7) is 2.44. The Kier molecular flexibility index (Phi) is 3.24. The highest BCUT2D eigenvalue weighted by Gasteiger charge is 2.05. The summed E-state index contributed by atoms with van der Waals surface area (Å²) in [4.78, 5) is 0. The minimum absolute atomic E-state index is 0.239. The van der Waals surface area contributed by atoms with Gasteiger partial charge >= 0.3 is 0 Å². The number of anilines is 1. The van der Waals surface area contributed by atoms with E-state index in [9.17, 15) is 5.11 Å². The van der Waals surface area contributed by atoms with E-state index < -0.39 is 0 Å². The number of hydrogen-bond donors (Lipinski definition) is 2. The summed E-state index contributed by atoms with van der Waals surface area (Å²) < 4.78 is 1.75. The smallest absolute Gasteiger partial charge is 0.120 e. The van der Waals surface area contributed by atoms with Gasteiger partial charge in [-0.1, -0.05) is 11.6 Å². The van der Waals surface area contributed by atoms with E-state index in [0.29, 0.717) is 11.6 Å². The molecule has 0 unspecified atom stereocenters. The van der Waals surface area contributed by atoms with Crippen LogP contribution in [0.15, 0.2) is 24.4 Å². The molecule has 2 rings (SSSR count). The molecule has 0 aliphatic carbocycles. The fourth-order valence-corrected chi connectivity index (χ4v) is 1.85. The average Bonchev–Trinajstić information content (AvgIpc) is 2.59. The summed E-state index contributed by atoms with van der Waals surface area (Å²) in [5.41, 5.74) is 2.64. The van der Waals surface area contributed by atoms with Crippen molar-refractivity contribution in [3.05, 3.63) is 40.7 Å². The molecule has 0 amide bonds. The molecule has 1 aromatic heterocycles. The van der Waals surface area contributed by atoms with Gasteiger partial charge in [0.15, 0.2) is 0 Å². The lowest BCUT2D eigenvalue weighted by Gasteiger charge is -2.07. The third kappa shape index (κ3) is 2.71. The molecule has 0 saturated heterocycles. The molecule has 5 heteroatoms. The Balaban J connectivity index is 2.12. The van der Waals surface area contributed by atoms with Crippen molar-refractivity contribution < 1.29 is 5.11 Å². The van der Waals surface area contributed by atoms with Crippen LogP contribution in [0.4, 0.5) is 5.69 Å². The molecular weight excluding hydrogens is 238 g/mol. The van der Waals surface area contributed by atoms with Crippen LogP contribution in [0.3, 0.4) is 0 Å². The lowest BCUT2D eigenvalue weighted by Crippen LogP contribution is -2.00. The van der Waals surface area contributed by atoms with Crippen LogP contribution >= 0.6 is 11.6 Å². The number of benzene rings is 1. The molecule has 0 bridgehead atoms. The van der Waals surface area contributed by atoms with E-state index in [1.54, 1.807) is 22.9 Å². The van der Waals surface area contributed by atoms with Crippen LogP contribution in [-0.4, -0.2) is 14.9 Å². The van der Waals surface area contributed by atoms with Crippen LogP contribution in [0.5, 0.6) is 5.75 Å². The molecule has 17 heavy (non-hydrogen) atoms. The number of phenolic OH excluding ortho intramolecular Hbond substituents is 1. The summed E-state index contributed by atoms with van der Waals surface area (Å²) >= 11 is 5.88. The van der Waals surface area contributed by atoms with Gasteiger partial charge in [0, 0.05) is 30.4 Å². The number of halogens is 1. The quantitative estimate of drug-likeness (QED) is 0.882. The minimum atomic E-state index is 0.239. The lowest BCUT2D eigenvalue weighted by molar-refractivity contribution is 0.469. The summed E-state index contributed by atoms with van der Waals surface area (Å²) in [7, 11) is 1.87. The Labute approximate surface area is 105 Å². The zero-order valence-electron chi connectivity index (χ0n) is 9.74. The van der Waals surface area contributed by atoms with Crippen LogP contribution < -0.4 is 5.32 Å². The highest BCUT2D eigenvalue weighted by atomic mass is 35.5. The second-order valence-electron chi connectivity index (χ2n) is 3.93. The third-order valence-corrected chi connectivity index (χ3v) is 2.76. The zero-order chi connectivity index (χ0) is 12.4. The number of hydrogen-bond acceptors (Lipinski definition) is 3. The van der Waals surface area contributed by atoms with E-state index in [-0.39, 0.29) is 5.75 Å². The number of aryl methyl sites for hydroxylation is 2. The summed E-state index contributed by atoms with van der Waals surface area (Å²) in [5, 5.41) is 17.7. The Morgan fingerprint density at radius 2 is 2.24 bits per heavy atom. The van der Waals surface area contributed by atoms with Crippen LogP contribution in [0.1, 0.15) is 11.3 Å². The third-order valence-electron chi connectivity index (χ3n) is 2.52. The van der Waals surface area contributed by atoms with Crippen LogP contribution in [0, 0.1) is 6.92 Å². The van der Waals surface area contributed by atoms with Gasteiger partial charge in [-0.3, -0.25) is 4.68 Å². The summed E-state index contributed by atoms with van der Waals surface area (Å²) in [6, 6.07) is 5.00. The first kappa shape index (κ1) is 11.8. The normalized spacial score (nSPS) is 10.5. The molecule has 0 fully saturated rings. The maximum Gasteiger partial charge on any atom is 0.120 e.